The van der Waals surface area contributed by atoms with Gasteiger partial charge in [-0.25, -0.2) is 0 Å². The van der Waals surface area contributed by atoms with Gasteiger partial charge in [-0.05, 0) is 301 Å². The fraction of sp³-hybridized carbons (Fsp3) is 0.00826. The van der Waals surface area contributed by atoms with Crippen molar-refractivity contribution in [1.82, 2.24) is 9.13 Å². The molecule has 0 fully saturated rings. The Bertz CT molecular complexity index is 7540. The van der Waals surface area contributed by atoms with E-state index in [2.05, 4.69) is 549 Å². The van der Waals surface area contributed by atoms with Crippen LogP contribution in [0.1, 0.15) is 6.92 Å². The van der Waals surface area contributed by atoms with Gasteiger partial charge < -0.3 is 38.5 Å². The first kappa shape index (κ1) is 79.0. The fourth-order valence-corrected chi connectivity index (χ4v) is 18.3. The van der Waals surface area contributed by atoms with Gasteiger partial charge in [0.05, 0.1) is 22.1 Å². The summed E-state index contributed by atoms with van der Waals surface area (Å²) in [5.41, 5.74) is 32.6. The third-order valence-electron chi connectivity index (χ3n) is 24.4. The Labute approximate surface area is 753 Å². The van der Waals surface area contributed by atoms with Crippen LogP contribution in [0, 0.1) is 0 Å². The van der Waals surface area contributed by atoms with Crippen molar-refractivity contribution in [2.45, 2.75) is 6.92 Å². The number of hydrogen-bond donors (Lipinski definition) is 0. The molecule has 129 heavy (non-hydrogen) atoms. The lowest BCUT2D eigenvalue weighted by atomic mass is 10.0. The predicted octanol–water partition coefficient (Wildman–Crippen LogP) is 34.0. The average Bonchev–Trinajstić information content (AvgIpc) is 1.59. The van der Waals surface area contributed by atoms with E-state index < -0.39 is 0 Å². The van der Waals surface area contributed by atoms with Crippen LogP contribution in [0.4, 0.5) is 96.7 Å². The molecule has 0 N–H and O–H groups in total. The minimum Gasteiger partial charge on any atom is -0.315 e. The molecule has 0 amide bonds. The molecule has 0 aliphatic carbocycles. The van der Waals surface area contributed by atoms with E-state index in [-0.39, 0.29) is 0 Å². The van der Waals surface area contributed by atoms with Gasteiger partial charge in [0.2, 0.25) is 0 Å². The van der Waals surface area contributed by atoms with Gasteiger partial charge in [0.25, 0.3) is 0 Å². The molecule has 0 saturated heterocycles. The number of para-hydroxylation sites is 8. The van der Waals surface area contributed by atoms with Crippen LogP contribution in [0.5, 0.6) is 0 Å². The maximum Gasteiger partial charge on any atom is 0.0542 e. The molecule has 19 aromatic carbocycles. The van der Waals surface area contributed by atoms with Crippen LogP contribution in [-0.4, -0.2) is 9.13 Å². The summed E-state index contributed by atoms with van der Waals surface area (Å²) in [6, 6.07) is 178. The number of rotatable bonds is 25. The molecule has 614 valence electrons. The van der Waals surface area contributed by atoms with E-state index in [9.17, 15) is 0 Å². The monoisotopic (exact) mass is 1650 g/mol. The first-order valence-corrected chi connectivity index (χ1v) is 43.9. The zero-order valence-electron chi connectivity index (χ0n) is 71.4. The highest BCUT2D eigenvalue weighted by atomic mass is 15.2. The van der Waals surface area contributed by atoms with Gasteiger partial charge in [-0.2, -0.15) is 0 Å². The molecule has 8 nitrogen and oxygen atoms in total. The highest BCUT2D eigenvalue weighted by Gasteiger charge is 2.25. The zero-order valence-corrected chi connectivity index (χ0v) is 71.4. The zero-order chi connectivity index (χ0) is 86.4. The molecule has 0 aliphatic rings. The summed E-state index contributed by atoms with van der Waals surface area (Å²) in [5, 5.41) is 4.79. The van der Waals surface area contributed by atoms with E-state index >= 15 is 0 Å². The number of fused-ring (bicyclic) bond motifs is 6. The average molecular weight is 1660 g/mol. The third-order valence-corrected chi connectivity index (χ3v) is 24.4. The molecule has 0 aliphatic heterocycles. The van der Waals surface area contributed by atoms with Gasteiger partial charge in [0.15, 0.2) is 0 Å². The Hall–Kier alpha value is -17.2. The van der Waals surface area contributed by atoms with E-state index in [0.29, 0.717) is 0 Å². The Balaban J connectivity index is 0.588. The number of anilines is 17. The molecule has 0 atom stereocenters. The van der Waals surface area contributed by atoms with Crippen molar-refractivity contribution in [2.24, 2.45) is 0 Å². The predicted molar refractivity (Wildman–Crippen MR) is 547 cm³/mol. The summed E-state index contributed by atoms with van der Waals surface area (Å²) in [6.45, 7) is 6.02. The second kappa shape index (κ2) is 35.6. The lowest BCUT2D eigenvalue weighted by Crippen LogP contribution is -2.15. The molecule has 2 aromatic heterocycles. The largest absolute Gasteiger partial charge is 0.315 e. The summed E-state index contributed by atoms with van der Waals surface area (Å²) >= 11 is 0. The Morgan fingerprint density at radius 3 is 0.705 bits per heavy atom. The molecule has 21 rings (SSSR count). The molecule has 21 aromatic rings. The number of benzene rings is 19. The molecule has 0 radical (unpaired) electrons. The van der Waals surface area contributed by atoms with Crippen LogP contribution in [0.2, 0.25) is 0 Å². The van der Waals surface area contributed by atoms with Gasteiger partial charge in [-0.15, -0.1) is 0 Å². The first-order valence-electron chi connectivity index (χ1n) is 43.9. The van der Waals surface area contributed by atoms with Crippen molar-refractivity contribution in [3.8, 4) is 44.8 Å². The standard InChI is InChI=1S/C121H90N8/c1-3-4-12-31-88(2)122(95-34-15-6-16-35-95)101-70-72-107(73-71-101)124(97-38-19-8-20-39-97)109-76-80-111(81-77-109)125(103-60-50-90(51-61-103)89-32-13-5-14-33-89)110-78-74-108(75-79-110)123(96-36-17-7-18-37-96)102-62-52-91(53-63-102)93-56-66-105(67-57-93)127(113-83-85-121-117(87-113)115-47-28-30-49-119(115)129(121)100-44-25-11-26-45-100)106-68-58-94(59-69-106)92-54-64-104(65-55-92)126(98-40-21-9-22-41-98)112-82-84-120-116(86-112)114-46-27-29-48-118(114)128(120)99-42-23-10-24-43-99/h3-87H,1H2,2H3/b12-4-,88-31+. The molecule has 8 heteroatoms. The summed E-state index contributed by atoms with van der Waals surface area (Å²) in [4.78, 5) is 14.1. The molecule has 0 spiro atoms. The number of allylic oxidation sites excluding steroid dienone is 5. The first-order chi connectivity index (χ1) is 63.9. The Kier molecular flexibility index (Phi) is 21.8. The van der Waals surface area contributed by atoms with Crippen LogP contribution in [0.3, 0.4) is 0 Å². The summed E-state index contributed by atoms with van der Waals surface area (Å²) < 4.78 is 4.75. The van der Waals surface area contributed by atoms with Crippen LogP contribution in [-0.2, 0) is 0 Å². The SMILES string of the molecule is C=C/C=C\C=C(/C)N(c1ccccc1)c1ccc(N(c2ccccc2)c2ccc(N(c3ccc(-c4ccccc4)cc3)c3ccc(N(c4ccccc4)c4ccc(-c5ccc(N(c6ccc(-c7ccc(N(c8ccccc8)c8ccc9c(c8)c8ccccc8n9-c8ccccc8)cc7)cc6)c6ccc7c(c6)c6ccccc6n7-c6ccccc6)cc5)cc4)cc3)cc2)cc1. The summed E-state index contributed by atoms with van der Waals surface area (Å²) in [6.07, 6.45) is 7.90. The van der Waals surface area contributed by atoms with Crippen LogP contribution < -0.4 is 29.4 Å². The van der Waals surface area contributed by atoms with Crippen molar-refractivity contribution < 1.29 is 0 Å². The number of aromatic nitrogens is 2. The van der Waals surface area contributed by atoms with Crippen molar-refractivity contribution in [1.29, 1.82) is 0 Å². The smallest absolute Gasteiger partial charge is 0.0542 e. The Morgan fingerprint density at radius 1 is 0.194 bits per heavy atom. The minimum absolute atomic E-state index is 1.02. The number of hydrogen-bond acceptors (Lipinski definition) is 6. The van der Waals surface area contributed by atoms with Gasteiger partial charge in [0.1, 0.15) is 0 Å². The lowest BCUT2D eigenvalue weighted by molar-refractivity contribution is 1.15. The molecular formula is C121H90N8. The van der Waals surface area contributed by atoms with Crippen LogP contribution >= 0.6 is 0 Å². The fourth-order valence-electron chi connectivity index (χ4n) is 18.3. The second-order valence-electron chi connectivity index (χ2n) is 32.2. The van der Waals surface area contributed by atoms with Crippen LogP contribution in [0.25, 0.3) is 88.4 Å². The van der Waals surface area contributed by atoms with E-state index in [4.69, 9.17) is 0 Å². The molecule has 0 saturated carbocycles. The van der Waals surface area contributed by atoms with Crippen molar-refractivity contribution in [2.75, 3.05) is 29.4 Å². The molecule has 2 heterocycles. The minimum atomic E-state index is 1.02. The van der Waals surface area contributed by atoms with E-state index in [1.807, 2.05) is 12.2 Å². The van der Waals surface area contributed by atoms with Gasteiger partial charge >= 0.3 is 0 Å². The third kappa shape index (κ3) is 15.8. The van der Waals surface area contributed by atoms with Gasteiger partial charge in [-0.3, -0.25) is 0 Å². The Morgan fingerprint density at radius 2 is 0.403 bits per heavy atom. The van der Waals surface area contributed by atoms with Crippen molar-refractivity contribution in [3.63, 3.8) is 0 Å². The van der Waals surface area contributed by atoms with E-state index in [1.54, 1.807) is 6.08 Å². The lowest BCUT2D eigenvalue weighted by Gasteiger charge is -2.30. The second-order valence-corrected chi connectivity index (χ2v) is 32.2. The van der Waals surface area contributed by atoms with Crippen LogP contribution in [0.15, 0.2) is 528 Å². The highest BCUT2D eigenvalue weighted by molar-refractivity contribution is 6.12. The normalized spacial score (nSPS) is 11.5. The molecule has 0 bridgehead atoms. The summed E-state index contributed by atoms with van der Waals surface area (Å²) in [7, 11) is 0. The van der Waals surface area contributed by atoms with Gasteiger partial charge in [0, 0.05) is 135 Å². The molecule has 0 unspecified atom stereocenters. The highest BCUT2D eigenvalue weighted by Crippen LogP contribution is 2.48. The van der Waals surface area contributed by atoms with Crippen molar-refractivity contribution in [3.05, 3.63) is 528 Å². The molecular weight excluding hydrogens is 1570 g/mol. The maximum absolute atomic E-state index is 3.89. The van der Waals surface area contributed by atoms with E-state index in [0.717, 1.165) is 153 Å². The summed E-state index contributed by atoms with van der Waals surface area (Å²) in [5.74, 6) is 0. The topological polar surface area (TPSA) is 29.3 Å². The van der Waals surface area contributed by atoms with Crippen molar-refractivity contribution >= 4 is 140 Å². The van der Waals surface area contributed by atoms with Gasteiger partial charge in [-0.1, -0.05) is 261 Å². The quantitative estimate of drug-likeness (QED) is 0.0530. The maximum atomic E-state index is 3.89. The van der Waals surface area contributed by atoms with E-state index in [1.165, 1.54) is 38.1 Å². The number of nitrogens with zero attached hydrogens (tertiary/aromatic N) is 8.